The lowest BCUT2D eigenvalue weighted by Gasteiger charge is -2.30. The van der Waals surface area contributed by atoms with E-state index in [1.807, 2.05) is 44.3 Å². The predicted octanol–water partition coefficient (Wildman–Crippen LogP) is 3.88. The maximum atomic E-state index is 12.3. The van der Waals surface area contributed by atoms with E-state index in [9.17, 15) is 4.79 Å². The average molecular weight is 435 g/mol. The van der Waals surface area contributed by atoms with Gasteiger partial charge in [0, 0.05) is 60.3 Å². The highest BCUT2D eigenvalue weighted by Gasteiger charge is 2.22. The van der Waals surface area contributed by atoms with Gasteiger partial charge in [0.25, 0.3) is 5.56 Å². The molecule has 1 aliphatic heterocycles. The Labute approximate surface area is 190 Å². The average Bonchev–Trinajstić information content (AvgIpc) is 2.82. The quantitative estimate of drug-likeness (QED) is 0.420. The Bertz CT molecular complexity index is 1610. The first-order valence-electron chi connectivity index (χ1n) is 11.0. The van der Waals surface area contributed by atoms with Crippen molar-refractivity contribution in [3.05, 3.63) is 93.8 Å². The van der Waals surface area contributed by atoms with Gasteiger partial charge in [-0.2, -0.15) is 4.52 Å². The minimum atomic E-state index is -0.178. The lowest BCUT2D eigenvalue weighted by atomic mass is 9.97. The van der Waals surface area contributed by atoms with Gasteiger partial charge in [0.15, 0.2) is 11.5 Å². The largest absolute Gasteiger partial charge is 0.350 e. The Hall–Kier alpha value is -4.13. The molecule has 5 heterocycles. The number of nitrogens with zero attached hydrogens (tertiary/aromatic N) is 6. The van der Waals surface area contributed by atoms with Crippen LogP contribution in [-0.2, 0) is 13.0 Å². The molecule has 6 rings (SSSR count). The van der Waals surface area contributed by atoms with Crippen LogP contribution in [0.2, 0.25) is 0 Å². The monoisotopic (exact) mass is 434 g/mol. The molecular weight excluding hydrogens is 412 g/mol. The number of rotatable bonds is 2. The van der Waals surface area contributed by atoms with Crippen molar-refractivity contribution in [3.63, 3.8) is 0 Å². The summed E-state index contributed by atoms with van der Waals surface area (Å²) in [5.74, 6) is 0.804. The fourth-order valence-electron chi connectivity index (χ4n) is 4.62. The second-order valence-corrected chi connectivity index (χ2v) is 8.53. The molecule has 0 amide bonds. The maximum Gasteiger partial charge on any atom is 0.274 e. The van der Waals surface area contributed by atoms with Crippen LogP contribution in [0.5, 0.6) is 0 Å². The van der Waals surface area contributed by atoms with Gasteiger partial charge in [0.05, 0.1) is 5.52 Å². The smallest absolute Gasteiger partial charge is 0.274 e. The number of hydrogen-bond donors (Lipinski definition) is 0. The normalized spacial score (nSPS) is 13.5. The third kappa shape index (κ3) is 3.33. The maximum absolute atomic E-state index is 12.3. The zero-order valence-electron chi connectivity index (χ0n) is 18.5. The van der Waals surface area contributed by atoms with Crippen molar-refractivity contribution >= 4 is 22.4 Å². The van der Waals surface area contributed by atoms with E-state index in [2.05, 4.69) is 38.2 Å². The molecule has 0 bridgehead atoms. The molecule has 162 valence electrons. The van der Waals surface area contributed by atoms with E-state index < -0.39 is 0 Å². The molecule has 33 heavy (non-hydrogen) atoms. The Balaban J connectivity index is 1.41. The molecule has 1 aliphatic rings. The molecule has 1 aromatic carbocycles. The molecule has 7 heteroatoms. The summed E-state index contributed by atoms with van der Waals surface area (Å²) >= 11 is 0. The van der Waals surface area contributed by atoms with Gasteiger partial charge < -0.3 is 4.90 Å². The zero-order valence-corrected chi connectivity index (χ0v) is 18.5. The van der Waals surface area contributed by atoms with Gasteiger partial charge in [-0.1, -0.05) is 18.2 Å². The summed E-state index contributed by atoms with van der Waals surface area (Å²) in [6.07, 6.45) is 4.31. The van der Waals surface area contributed by atoms with Crippen molar-refractivity contribution in [3.8, 4) is 11.1 Å². The molecule has 7 nitrogen and oxygen atoms in total. The third-order valence-electron chi connectivity index (χ3n) is 6.26. The van der Waals surface area contributed by atoms with Crippen molar-refractivity contribution < 1.29 is 0 Å². The second kappa shape index (κ2) is 7.48. The molecule has 0 saturated carbocycles. The van der Waals surface area contributed by atoms with Crippen molar-refractivity contribution in [2.24, 2.45) is 0 Å². The van der Waals surface area contributed by atoms with Gasteiger partial charge >= 0.3 is 0 Å². The van der Waals surface area contributed by atoms with Crippen molar-refractivity contribution in [1.82, 2.24) is 24.6 Å². The molecular formula is C26H22N6O. The first-order chi connectivity index (χ1) is 16.1. The highest BCUT2D eigenvalue weighted by atomic mass is 16.1. The Kier molecular flexibility index (Phi) is 4.43. The van der Waals surface area contributed by atoms with E-state index in [1.54, 1.807) is 0 Å². The van der Waals surface area contributed by atoms with E-state index in [0.29, 0.717) is 12.2 Å². The van der Waals surface area contributed by atoms with Crippen LogP contribution in [0.4, 0.5) is 5.82 Å². The Morgan fingerprint density at radius 1 is 1.00 bits per heavy atom. The van der Waals surface area contributed by atoms with Gasteiger partial charge in [-0.15, -0.1) is 5.10 Å². The van der Waals surface area contributed by atoms with Gasteiger partial charge in [-0.05, 0) is 54.8 Å². The fourth-order valence-corrected chi connectivity index (χ4v) is 4.62. The summed E-state index contributed by atoms with van der Waals surface area (Å²) in [6.45, 7) is 5.50. The van der Waals surface area contributed by atoms with Crippen LogP contribution in [0.3, 0.4) is 0 Å². The fraction of sp³-hybridized carbons (Fsp3) is 0.192. The molecule has 0 fully saturated rings. The van der Waals surface area contributed by atoms with Crippen molar-refractivity contribution in [2.75, 3.05) is 11.4 Å². The van der Waals surface area contributed by atoms with E-state index in [1.165, 1.54) is 22.3 Å². The molecule has 4 aromatic heterocycles. The molecule has 0 N–H and O–H groups in total. The zero-order chi connectivity index (χ0) is 22.5. The number of hydrogen-bond acceptors (Lipinski definition) is 6. The van der Waals surface area contributed by atoms with Gasteiger partial charge in [0.2, 0.25) is 0 Å². The van der Waals surface area contributed by atoms with Crippen LogP contribution >= 0.6 is 0 Å². The number of aryl methyl sites for hydroxylation is 2. The van der Waals surface area contributed by atoms with Crippen LogP contribution in [0.1, 0.15) is 22.5 Å². The third-order valence-corrected chi connectivity index (χ3v) is 6.26. The number of aromatic nitrogens is 5. The van der Waals surface area contributed by atoms with Gasteiger partial charge in [0.1, 0.15) is 0 Å². The predicted molar refractivity (Wildman–Crippen MR) is 128 cm³/mol. The van der Waals surface area contributed by atoms with Crippen LogP contribution in [0, 0.1) is 13.8 Å². The first kappa shape index (κ1) is 19.5. The summed E-state index contributed by atoms with van der Waals surface area (Å²) in [5.41, 5.74) is 7.87. The highest BCUT2D eigenvalue weighted by molar-refractivity contribution is 5.94. The molecule has 0 saturated heterocycles. The lowest BCUT2D eigenvalue weighted by Crippen LogP contribution is -2.33. The summed E-state index contributed by atoms with van der Waals surface area (Å²) in [6, 6.07) is 16.0. The highest BCUT2D eigenvalue weighted by Crippen LogP contribution is 2.31. The van der Waals surface area contributed by atoms with E-state index in [-0.39, 0.29) is 5.56 Å². The SMILES string of the molecule is Cc1ccc2c(-c3cnc4c(c3)CN(c3nn5c(=O)ccnc5cc3C)CC4)cccc2n1. The Morgan fingerprint density at radius 3 is 2.82 bits per heavy atom. The van der Waals surface area contributed by atoms with Crippen LogP contribution in [-0.4, -0.2) is 31.1 Å². The van der Waals surface area contributed by atoms with Crippen molar-refractivity contribution in [1.29, 1.82) is 0 Å². The molecule has 0 unspecified atom stereocenters. The minimum absolute atomic E-state index is 0.178. The van der Waals surface area contributed by atoms with Crippen LogP contribution < -0.4 is 10.5 Å². The summed E-state index contributed by atoms with van der Waals surface area (Å²) in [7, 11) is 0. The topological polar surface area (TPSA) is 76.3 Å². The molecule has 5 aromatic rings. The number of pyridine rings is 2. The van der Waals surface area contributed by atoms with E-state index in [0.717, 1.165) is 57.8 Å². The van der Waals surface area contributed by atoms with Crippen LogP contribution in [0.15, 0.2) is 65.7 Å². The summed E-state index contributed by atoms with van der Waals surface area (Å²) in [4.78, 5) is 28.2. The lowest BCUT2D eigenvalue weighted by molar-refractivity contribution is 0.686. The summed E-state index contributed by atoms with van der Waals surface area (Å²) in [5, 5.41) is 5.76. The molecule has 0 spiro atoms. The van der Waals surface area contributed by atoms with Crippen molar-refractivity contribution in [2.45, 2.75) is 26.8 Å². The standard InChI is InChI=1S/C26H22N6O/c1-16-12-24-27-10-8-25(33)32(24)30-26(16)31-11-9-22-19(15-31)13-18(14-28-22)20-4-3-5-23-21(20)7-6-17(2)29-23/h3-8,10,12-14H,9,11,15H2,1-2H3. The second-order valence-electron chi connectivity index (χ2n) is 8.53. The molecule has 0 atom stereocenters. The number of benzene rings is 1. The minimum Gasteiger partial charge on any atom is -0.350 e. The molecule has 0 aliphatic carbocycles. The number of anilines is 1. The molecule has 0 radical (unpaired) electrons. The Morgan fingerprint density at radius 2 is 1.91 bits per heavy atom. The summed E-state index contributed by atoms with van der Waals surface area (Å²) < 4.78 is 1.37. The first-order valence-corrected chi connectivity index (χ1v) is 11.0. The van der Waals surface area contributed by atoms with E-state index in [4.69, 9.17) is 4.98 Å². The van der Waals surface area contributed by atoms with Crippen LogP contribution in [0.25, 0.3) is 27.7 Å². The van der Waals surface area contributed by atoms with Gasteiger partial charge in [-0.3, -0.25) is 14.8 Å². The van der Waals surface area contributed by atoms with Gasteiger partial charge in [-0.25, -0.2) is 4.98 Å². The number of fused-ring (bicyclic) bond motifs is 3. The van der Waals surface area contributed by atoms with E-state index >= 15 is 0 Å².